The van der Waals surface area contributed by atoms with E-state index in [1.807, 2.05) is 12.4 Å². The van der Waals surface area contributed by atoms with Crippen LogP contribution in [0.1, 0.15) is 31.7 Å². The van der Waals surface area contributed by atoms with Gasteiger partial charge in [-0.15, -0.1) is 0 Å². The number of hydrogen-bond acceptors (Lipinski definition) is 3. The molecule has 1 aliphatic rings. The summed E-state index contributed by atoms with van der Waals surface area (Å²) in [6.45, 7) is 7.82. The molecule has 0 bridgehead atoms. The summed E-state index contributed by atoms with van der Waals surface area (Å²) in [5.74, 6) is 0. The third kappa shape index (κ3) is 3.19. The molecule has 0 amide bonds. The maximum atomic E-state index is 4.26. The second kappa shape index (κ2) is 6.01. The summed E-state index contributed by atoms with van der Waals surface area (Å²) in [6.07, 6.45) is 7.60. The quantitative estimate of drug-likeness (QED) is 0.868. The number of rotatable bonds is 3. The molecule has 2 rings (SSSR count). The Hall–Kier alpha value is -1.09. The number of hydrogen-bond donors (Lipinski definition) is 1. The number of anilines is 1. The lowest BCUT2D eigenvalue weighted by Gasteiger charge is -2.27. The molecule has 1 aromatic rings. The lowest BCUT2D eigenvalue weighted by Crippen LogP contribution is -2.37. The van der Waals surface area contributed by atoms with Crippen molar-refractivity contribution >= 4 is 5.69 Å². The van der Waals surface area contributed by atoms with E-state index >= 15 is 0 Å². The largest absolute Gasteiger partial charge is 0.368 e. The van der Waals surface area contributed by atoms with E-state index in [4.69, 9.17) is 0 Å². The minimum absolute atomic E-state index is 0.627. The molecule has 0 saturated carbocycles. The van der Waals surface area contributed by atoms with Crippen LogP contribution in [0.15, 0.2) is 18.5 Å². The number of nitrogens with zero attached hydrogens (tertiary/aromatic N) is 2. The van der Waals surface area contributed by atoms with Crippen molar-refractivity contribution in [3.8, 4) is 0 Å². The van der Waals surface area contributed by atoms with E-state index in [9.17, 15) is 0 Å². The number of aryl methyl sites for hydroxylation is 1. The molecule has 17 heavy (non-hydrogen) atoms. The van der Waals surface area contributed by atoms with E-state index < -0.39 is 0 Å². The maximum absolute atomic E-state index is 4.26. The molecule has 1 atom stereocenters. The minimum Gasteiger partial charge on any atom is -0.368 e. The van der Waals surface area contributed by atoms with Crippen molar-refractivity contribution < 1.29 is 0 Å². The van der Waals surface area contributed by atoms with Gasteiger partial charge in [-0.25, -0.2) is 0 Å². The van der Waals surface area contributed by atoms with Crippen molar-refractivity contribution in [3.63, 3.8) is 0 Å². The SMILES string of the molecule is CCCC1CN(c2cnccc2C)CCCN1. The van der Waals surface area contributed by atoms with Gasteiger partial charge in [0.1, 0.15) is 0 Å². The summed E-state index contributed by atoms with van der Waals surface area (Å²) in [5.41, 5.74) is 2.63. The standard InChI is InChI=1S/C14H23N3/c1-3-5-13-11-17(9-4-7-16-13)14-10-15-8-6-12(14)2/h6,8,10,13,16H,3-5,7,9,11H2,1-2H3. The van der Waals surface area contributed by atoms with E-state index in [0.29, 0.717) is 6.04 Å². The summed E-state index contributed by atoms with van der Waals surface area (Å²) in [4.78, 5) is 6.75. The van der Waals surface area contributed by atoms with Gasteiger partial charge >= 0.3 is 0 Å². The molecule has 3 heteroatoms. The van der Waals surface area contributed by atoms with Gasteiger partial charge in [-0.05, 0) is 37.9 Å². The fourth-order valence-corrected chi connectivity index (χ4v) is 2.55. The van der Waals surface area contributed by atoms with E-state index in [2.05, 4.69) is 35.1 Å². The molecule has 94 valence electrons. The molecule has 0 radical (unpaired) electrons. The smallest absolute Gasteiger partial charge is 0.0582 e. The van der Waals surface area contributed by atoms with Crippen LogP contribution < -0.4 is 10.2 Å². The summed E-state index contributed by atoms with van der Waals surface area (Å²) < 4.78 is 0. The second-order valence-corrected chi connectivity index (χ2v) is 4.90. The Labute approximate surface area is 104 Å². The van der Waals surface area contributed by atoms with E-state index in [-0.39, 0.29) is 0 Å². The predicted molar refractivity (Wildman–Crippen MR) is 72.5 cm³/mol. The van der Waals surface area contributed by atoms with Gasteiger partial charge in [0.2, 0.25) is 0 Å². The average molecular weight is 233 g/mol. The topological polar surface area (TPSA) is 28.2 Å². The van der Waals surface area contributed by atoms with Crippen LogP contribution in [0, 0.1) is 6.92 Å². The Balaban J connectivity index is 2.11. The fourth-order valence-electron chi connectivity index (χ4n) is 2.55. The highest BCUT2D eigenvalue weighted by Gasteiger charge is 2.18. The molecule has 1 N–H and O–H groups in total. The van der Waals surface area contributed by atoms with Crippen LogP contribution in [0.2, 0.25) is 0 Å². The maximum Gasteiger partial charge on any atom is 0.0582 e. The van der Waals surface area contributed by atoms with Crippen LogP contribution in [0.3, 0.4) is 0 Å². The molecule has 1 saturated heterocycles. The van der Waals surface area contributed by atoms with Crippen molar-refractivity contribution in [2.45, 2.75) is 39.2 Å². The predicted octanol–water partition coefficient (Wildman–Crippen LogP) is 2.36. The lowest BCUT2D eigenvalue weighted by atomic mass is 10.1. The Morgan fingerprint density at radius 3 is 3.18 bits per heavy atom. The first kappa shape index (κ1) is 12.4. The van der Waals surface area contributed by atoms with Gasteiger partial charge in [-0.2, -0.15) is 0 Å². The average Bonchev–Trinajstić information content (AvgIpc) is 2.56. The lowest BCUT2D eigenvalue weighted by molar-refractivity contribution is 0.502. The third-order valence-electron chi connectivity index (χ3n) is 3.47. The van der Waals surface area contributed by atoms with Crippen molar-refractivity contribution in [3.05, 3.63) is 24.0 Å². The van der Waals surface area contributed by atoms with Gasteiger partial charge in [-0.3, -0.25) is 4.98 Å². The van der Waals surface area contributed by atoms with Gasteiger partial charge < -0.3 is 10.2 Å². The van der Waals surface area contributed by atoms with Crippen LogP contribution in [-0.2, 0) is 0 Å². The van der Waals surface area contributed by atoms with Crippen molar-refractivity contribution in [2.24, 2.45) is 0 Å². The number of nitrogens with one attached hydrogen (secondary N) is 1. The van der Waals surface area contributed by atoms with E-state index in [1.165, 1.54) is 30.5 Å². The first-order valence-corrected chi connectivity index (χ1v) is 6.70. The molecule has 1 aromatic heterocycles. The Kier molecular flexibility index (Phi) is 4.37. The first-order chi connectivity index (χ1) is 8.31. The first-order valence-electron chi connectivity index (χ1n) is 6.70. The molecule has 1 unspecified atom stereocenters. The van der Waals surface area contributed by atoms with Gasteiger partial charge in [0.25, 0.3) is 0 Å². The van der Waals surface area contributed by atoms with Gasteiger partial charge in [0.05, 0.1) is 11.9 Å². The zero-order chi connectivity index (χ0) is 12.1. The molecule has 1 aliphatic heterocycles. The molecule has 0 aliphatic carbocycles. The third-order valence-corrected chi connectivity index (χ3v) is 3.47. The normalized spacial score (nSPS) is 21.3. The van der Waals surface area contributed by atoms with Crippen LogP contribution >= 0.6 is 0 Å². The Morgan fingerprint density at radius 2 is 2.41 bits per heavy atom. The molecule has 1 fully saturated rings. The van der Waals surface area contributed by atoms with E-state index in [1.54, 1.807) is 0 Å². The number of aromatic nitrogens is 1. The molecule has 3 nitrogen and oxygen atoms in total. The highest BCUT2D eigenvalue weighted by molar-refractivity contribution is 5.51. The monoisotopic (exact) mass is 233 g/mol. The Bertz CT molecular complexity index is 351. The summed E-state index contributed by atoms with van der Waals surface area (Å²) in [7, 11) is 0. The van der Waals surface area contributed by atoms with Crippen LogP contribution in [0.25, 0.3) is 0 Å². The highest BCUT2D eigenvalue weighted by Crippen LogP contribution is 2.20. The van der Waals surface area contributed by atoms with Crippen molar-refractivity contribution in [1.82, 2.24) is 10.3 Å². The van der Waals surface area contributed by atoms with Crippen LogP contribution in [0.5, 0.6) is 0 Å². The summed E-state index contributed by atoms with van der Waals surface area (Å²) in [6, 6.07) is 2.73. The number of pyridine rings is 1. The van der Waals surface area contributed by atoms with Gasteiger partial charge in [0.15, 0.2) is 0 Å². The zero-order valence-corrected chi connectivity index (χ0v) is 10.9. The molecular formula is C14H23N3. The van der Waals surface area contributed by atoms with Gasteiger partial charge in [0, 0.05) is 25.3 Å². The molecule has 2 heterocycles. The zero-order valence-electron chi connectivity index (χ0n) is 10.9. The van der Waals surface area contributed by atoms with Crippen molar-refractivity contribution in [1.29, 1.82) is 0 Å². The fraction of sp³-hybridized carbons (Fsp3) is 0.643. The van der Waals surface area contributed by atoms with Gasteiger partial charge in [-0.1, -0.05) is 13.3 Å². The molecular weight excluding hydrogens is 210 g/mol. The minimum atomic E-state index is 0.627. The second-order valence-electron chi connectivity index (χ2n) is 4.90. The van der Waals surface area contributed by atoms with Crippen LogP contribution in [-0.4, -0.2) is 30.7 Å². The van der Waals surface area contributed by atoms with E-state index in [0.717, 1.165) is 19.6 Å². The summed E-state index contributed by atoms with van der Waals surface area (Å²) in [5, 5.41) is 3.64. The molecule has 0 spiro atoms. The van der Waals surface area contributed by atoms with Crippen molar-refractivity contribution in [2.75, 3.05) is 24.5 Å². The summed E-state index contributed by atoms with van der Waals surface area (Å²) >= 11 is 0. The van der Waals surface area contributed by atoms with Crippen LogP contribution in [0.4, 0.5) is 5.69 Å². The Morgan fingerprint density at radius 1 is 1.53 bits per heavy atom. The highest BCUT2D eigenvalue weighted by atomic mass is 15.2. The molecule has 0 aromatic carbocycles.